The molecule has 1 unspecified atom stereocenters. The first-order chi connectivity index (χ1) is 10.6. The molecule has 1 fully saturated rings. The highest BCUT2D eigenvalue weighted by Gasteiger charge is 2.33. The van der Waals surface area contributed by atoms with Gasteiger partial charge in [0.25, 0.3) is 11.8 Å². The lowest BCUT2D eigenvalue weighted by Crippen LogP contribution is -3.15. The van der Waals surface area contributed by atoms with E-state index in [4.69, 9.17) is 0 Å². The van der Waals surface area contributed by atoms with Crippen molar-refractivity contribution >= 4 is 17.5 Å². The number of amides is 2. The van der Waals surface area contributed by atoms with Crippen LogP contribution in [-0.2, 0) is 16.0 Å². The quantitative estimate of drug-likeness (QED) is 0.789. The van der Waals surface area contributed by atoms with Crippen molar-refractivity contribution in [1.29, 1.82) is 0 Å². The molecule has 1 aromatic carbocycles. The van der Waals surface area contributed by atoms with Gasteiger partial charge in [-0.1, -0.05) is 18.2 Å². The largest absolute Gasteiger partial charge is 0.348 e. The summed E-state index contributed by atoms with van der Waals surface area (Å²) in [5.41, 5.74) is 2.25. The molecule has 1 aromatic rings. The van der Waals surface area contributed by atoms with Crippen LogP contribution in [0.3, 0.4) is 0 Å². The fourth-order valence-electron chi connectivity index (χ4n) is 2.92. The van der Waals surface area contributed by atoms with Gasteiger partial charge in [0, 0.05) is 18.3 Å². The van der Waals surface area contributed by atoms with Gasteiger partial charge < -0.3 is 15.1 Å². The maximum absolute atomic E-state index is 12.7. The highest BCUT2D eigenvalue weighted by molar-refractivity contribution is 5.98. The number of carbonyl (C=O) groups excluding carboxylic acids is 2. The van der Waals surface area contributed by atoms with Crippen molar-refractivity contribution < 1.29 is 14.5 Å². The lowest BCUT2D eigenvalue weighted by atomic mass is 10.2. The Morgan fingerprint density at radius 2 is 2.09 bits per heavy atom. The molecular weight excluding hydrogens is 278 g/mol. The normalized spacial score (nSPS) is 19.5. The molecule has 2 atom stereocenters. The molecule has 0 aromatic heterocycles. The van der Waals surface area contributed by atoms with E-state index in [9.17, 15) is 9.59 Å². The maximum Gasteiger partial charge on any atom is 0.284 e. The lowest BCUT2D eigenvalue weighted by Gasteiger charge is -2.25. The van der Waals surface area contributed by atoms with E-state index in [1.807, 2.05) is 37.1 Å². The molecule has 2 amide bonds. The number of likely N-dealkylation sites (N-methyl/N-ethyl adjacent to an activating group) is 1. The Balaban J connectivity index is 1.60. The van der Waals surface area contributed by atoms with Crippen molar-refractivity contribution in [2.24, 2.45) is 0 Å². The standard InChI is InChI=1S/C17H23N3O2/c1-12(19(2)11-16(21)18-14-7-8-14)17(22)20-10-9-13-5-3-4-6-15(13)20/h3-6,12,14H,7-11H2,1-2H3,(H,18,21)/p+1/t12-/m0/s1. The topological polar surface area (TPSA) is 53.9 Å². The Hall–Kier alpha value is -1.88. The summed E-state index contributed by atoms with van der Waals surface area (Å²) in [5.74, 6) is 0.142. The number of quaternary nitrogens is 1. The molecule has 0 bridgehead atoms. The van der Waals surface area contributed by atoms with Gasteiger partial charge >= 0.3 is 0 Å². The van der Waals surface area contributed by atoms with Crippen LogP contribution in [0, 0.1) is 0 Å². The second-order valence-corrected chi connectivity index (χ2v) is 6.46. The summed E-state index contributed by atoms with van der Waals surface area (Å²) in [7, 11) is 1.91. The number of benzene rings is 1. The zero-order valence-electron chi connectivity index (χ0n) is 13.3. The lowest BCUT2D eigenvalue weighted by molar-refractivity contribution is -0.885. The Morgan fingerprint density at radius 1 is 1.36 bits per heavy atom. The zero-order valence-corrected chi connectivity index (χ0v) is 13.3. The fourth-order valence-corrected chi connectivity index (χ4v) is 2.92. The predicted molar refractivity (Wildman–Crippen MR) is 84.9 cm³/mol. The van der Waals surface area contributed by atoms with Gasteiger partial charge in [-0.3, -0.25) is 9.59 Å². The van der Waals surface area contributed by atoms with Gasteiger partial charge in [0.05, 0.1) is 7.05 Å². The number of hydrogen-bond acceptors (Lipinski definition) is 2. The van der Waals surface area contributed by atoms with Crippen LogP contribution in [0.2, 0.25) is 0 Å². The van der Waals surface area contributed by atoms with Gasteiger partial charge in [-0.2, -0.15) is 0 Å². The third kappa shape index (κ3) is 3.14. The Bertz CT molecular complexity index is 583. The number of nitrogens with one attached hydrogen (secondary N) is 2. The third-order valence-electron chi connectivity index (χ3n) is 4.64. The summed E-state index contributed by atoms with van der Waals surface area (Å²) in [6.45, 7) is 2.99. The Morgan fingerprint density at radius 3 is 2.82 bits per heavy atom. The van der Waals surface area contributed by atoms with Gasteiger partial charge in [-0.25, -0.2) is 0 Å². The van der Waals surface area contributed by atoms with Crippen LogP contribution in [-0.4, -0.2) is 44.0 Å². The minimum atomic E-state index is -0.226. The summed E-state index contributed by atoms with van der Waals surface area (Å²) in [4.78, 5) is 27.4. The molecule has 1 aliphatic carbocycles. The number of nitrogens with zero attached hydrogens (tertiary/aromatic N) is 1. The first-order valence-corrected chi connectivity index (χ1v) is 8.07. The molecule has 1 aliphatic heterocycles. The highest BCUT2D eigenvalue weighted by atomic mass is 16.2. The molecule has 2 aliphatic rings. The first-order valence-electron chi connectivity index (χ1n) is 8.07. The number of anilines is 1. The molecule has 22 heavy (non-hydrogen) atoms. The monoisotopic (exact) mass is 302 g/mol. The number of fused-ring (bicyclic) bond motifs is 1. The highest BCUT2D eigenvalue weighted by Crippen LogP contribution is 2.27. The van der Waals surface area contributed by atoms with Crippen molar-refractivity contribution in [3.63, 3.8) is 0 Å². The van der Waals surface area contributed by atoms with Crippen LogP contribution in [0.4, 0.5) is 5.69 Å². The van der Waals surface area contributed by atoms with Crippen molar-refractivity contribution in [3.05, 3.63) is 29.8 Å². The summed E-state index contributed by atoms with van der Waals surface area (Å²) in [6.07, 6.45) is 3.09. The molecular formula is C17H24N3O2+. The van der Waals surface area contributed by atoms with Crippen LogP contribution in [0.1, 0.15) is 25.3 Å². The van der Waals surface area contributed by atoms with E-state index in [0.29, 0.717) is 12.6 Å². The van der Waals surface area contributed by atoms with Gasteiger partial charge in [0.2, 0.25) is 0 Å². The van der Waals surface area contributed by atoms with E-state index in [0.717, 1.165) is 36.4 Å². The minimum absolute atomic E-state index is 0.0430. The van der Waals surface area contributed by atoms with Crippen molar-refractivity contribution in [2.75, 3.05) is 25.0 Å². The number of rotatable bonds is 5. The molecule has 0 saturated heterocycles. The number of carbonyl (C=O) groups is 2. The predicted octanol–water partition coefficient (Wildman–Crippen LogP) is -0.242. The SMILES string of the molecule is C[C@@H](C(=O)N1CCc2ccccc21)[NH+](C)CC(=O)NC1CC1. The first kappa shape index (κ1) is 15.0. The molecule has 3 rings (SSSR count). The Labute approximate surface area is 131 Å². The fraction of sp³-hybridized carbons (Fsp3) is 0.529. The van der Waals surface area contributed by atoms with Crippen LogP contribution >= 0.6 is 0 Å². The summed E-state index contributed by atoms with van der Waals surface area (Å²) >= 11 is 0. The second kappa shape index (κ2) is 6.08. The number of para-hydroxylation sites is 1. The zero-order chi connectivity index (χ0) is 15.7. The van der Waals surface area contributed by atoms with E-state index < -0.39 is 0 Å². The number of hydrogen-bond donors (Lipinski definition) is 2. The van der Waals surface area contributed by atoms with Crippen molar-refractivity contribution in [1.82, 2.24) is 5.32 Å². The molecule has 0 radical (unpaired) electrons. The van der Waals surface area contributed by atoms with Gasteiger partial charge in [-0.15, -0.1) is 0 Å². The molecule has 118 valence electrons. The van der Waals surface area contributed by atoms with E-state index in [1.54, 1.807) is 0 Å². The summed E-state index contributed by atoms with van der Waals surface area (Å²) < 4.78 is 0. The average molecular weight is 302 g/mol. The van der Waals surface area contributed by atoms with E-state index in [1.165, 1.54) is 5.56 Å². The summed E-state index contributed by atoms with van der Waals surface area (Å²) in [5, 5.41) is 2.98. The van der Waals surface area contributed by atoms with Crippen LogP contribution in [0.25, 0.3) is 0 Å². The molecule has 2 N–H and O–H groups in total. The van der Waals surface area contributed by atoms with Crippen molar-refractivity contribution in [2.45, 2.75) is 38.3 Å². The average Bonchev–Trinajstić information content (AvgIpc) is 3.21. The second-order valence-electron chi connectivity index (χ2n) is 6.46. The molecule has 1 saturated carbocycles. The van der Waals surface area contributed by atoms with Gasteiger partial charge in [0.1, 0.15) is 0 Å². The van der Waals surface area contributed by atoms with E-state index >= 15 is 0 Å². The van der Waals surface area contributed by atoms with E-state index in [2.05, 4.69) is 11.4 Å². The van der Waals surface area contributed by atoms with Crippen LogP contribution < -0.4 is 15.1 Å². The van der Waals surface area contributed by atoms with Crippen molar-refractivity contribution in [3.8, 4) is 0 Å². The van der Waals surface area contributed by atoms with E-state index in [-0.39, 0.29) is 17.9 Å². The molecule has 5 heteroatoms. The minimum Gasteiger partial charge on any atom is -0.348 e. The van der Waals surface area contributed by atoms with Crippen LogP contribution in [0.5, 0.6) is 0 Å². The molecule has 5 nitrogen and oxygen atoms in total. The third-order valence-corrected chi connectivity index (χ3v) is 4.64. The van der Waals surface area contributed by atoms with Gasteiger partial charge in [0.15, 0.2) is 12.6 Å². The molecule has 0 spiro atoms. The summed E-state index contributed by atoms with van der Waals surface area (Å²) in [6, 6.07) is 8.20. The van der Waals surface area contributed by atoms with Crippen LogP contribution in [0.15, 0.2) is 24.3 Å². The maximum atomic E-state index is 12.7. The van der Waals surface area contributed by atoms with Gasteiger partial charge in [-0.05, 0) is 37.8 Å². The smallest absolute Gasteiger partial charge is 0.284 e. The molecule has 1 heterocycles. The Kier molecular flexibility index (Phi) is 4.16.